The van der Waals surface area contributed by atoms with Crippen LogP contribution in [0.2, 0.25) is 0 Å². The molecule has 1 aliphatic rings. The van der Waals surface area contributed by atoms with Crippen LogP contribution >= 0.6 is 0 Å². The second-order valence-corrected chi connectivity index (χ2v) is 5.37. The molecule has 1 heterocycles. The first-order valence-electron chi connectivity index (χ1n) is 6.36. The molecule has 8 heteroatoms. The second-order valence-electron chi connectivity index (χ2n) is 5.37. The number of aliphatic carboxylic acids is 1. The quantitative estimate of drug-likeness (QED) is 0.685. The summed E-state index contributed by atoms with van der Waals surface area (Å²) in [6, 6.07) is 1.34. The molecule has 1 aromatic carbocycles. The van der Waals surface area contributed by atoms with E-state index in [2.05, 4.69) is 0 Å². The van der Waals surface area contributed by atoms with Crippen molar-refractivity contribution in [2.75, 3.05) is 18.0 Å². The first-order chi connectivity index (χ1) is 9.74. The number of rotatable bonds is 3. The fourth-order valence-corrected chi connectivity index (χ4v) is 2.40. The van der Waals surface area contributed by atoms with E-state index in [9.17, 15) is 23.7 Å². The zero-order chi connectivity index (χ0) is 15.8. The van der Waals surface area contributed by atoms with E-state index >= 15 is 0 Å². The second kappa shape index (κ2) is 5.27. The maximum absolute atomic E-state index is 13.9. The van der Waals surface area contributed by atoms with Crippen LogP contribution in [0.5, 0.6) is 0 Å². The number of nitro groups is 1. The number of nitro benzene ring substituents is 1. The normalized spacial score (nSPS) is 17.6. The summed E-state index contributed by atoms with van der Waals surface area (Å²) in [5.41, 5.74) is -1.90. The molecular weight excluding hydrogens is 286 g/mol. The number of carboxylic acid groups (broad SMARTS) is 1. The maximum atomic E-state index is 13.9. The van der Waals surface area contributed by atoms with Crippen molar-refractivity contribution in [3.63, 3.8) is 0 Å². The van der Waals surface area contributed by atoms with Gasteiger partial charge >= 0.3 is 5.97 Å². The van der Waals surface area contributed by atoms with Crippen LogP contribution in [0.4, 0.5) is 20.2 Å². The molecule has 1 aliphatic heterocycles. The Bertz CT molecular complexity index is 575. The van der Waals surface area contributed by atoms with Crippen molar-refractivity contribution in [2.45, 2.75) is 19.8 Å². The third-order valence-electron chi connectivity index (χ3n) is 3.91. The van der Waals surface area contributed by atoms with Gasteiger partial charge in [0.2, 0.25) is 0 Å². The fourth-order valence-electron chi connectivity index (χ4n) is 2.40. The van der Waals surface area contributed by atoms with Crippen LogP contribution < -0.4 is 4.90 Å². The minimum absolute atomic E-state index is 0.175. The Hall–Kier alpha value is -2.25. The van der Waals surface area contributed by atoms with Crippen LogP contribution in [0.3, 0.4) is 0 Å². The smallest absolute Gasteiger partial charge is 0.309 e. The first-order valence-corrected chi connectivity index (χ1v) is 6.36. The van der Waals surface area contributed by atoms with Gasteiger partial charge in [0.25, 0.3) is 5.69 Å². The number of halogens is 2. The van der Waals surface area contributed by atoms with Gasteiger partial charge in [0, 0.05) is 13.1 Å². The topological polar surface area (TPSA) is 83.7 Å². The minimum Gasteiger partial charge on any atom is -0.481 e. The Kier molecular flexibility index (Phi) is 3.80. The monoisotopic (exact) mass is 300 g/mol. The Morgan fingerprint density at radius 2 is 1.81 bits per heavy atom. The number of non-ortho nitro benzene ring substituents is 1. The van der Waals surface area contributed by atoms with Crippen LogP contribution in [0.15, 0.2) is 12.1 Å². The van der Waals surface area contributed by atoms with Crippen LogP contribution in [-0.4, -0.2) is 29.1 Å². The van der Waals surface area contributed by atoms with E-state index in [4.69, 9.17) is 5.11 Å². The van der Waals surface area contributed by atoms with Crippen molar-refractivity contribution < 1.29 is 23.6 Å². The zero-order valence-corrected chi connectivity index (χ0v) is 11.3. The molecule has 1 saturated heterocycles. The molecule has 0 spiro atoms. The highest BCUT2D eigenvalue weighted by Crippen LogP contribution is 2.36. The highest BCUT2D eigenvalue weighted by molar-refractivity contribution is 5.74. The van der Waals surface area contributed by atoms with Crippen LogP contribution in [0.1, 0.15) is 19.8 Å². The summed E-state index contributed by atoms with van der Waals surface area (Å²) >= 11 is 0. The van der Waals surface area contributed by atoms with Gasteiger partial charge in [-0.25, -0.2) is 8.78 Å². The Balaban J connectivity index is 2.25. The molecule has 1 fully saturated rings. The van der Waals surface area contributed by atoms with Crippen molar-refractivity contribution in [3.8, 4) is 0 Å². The van der Waals surface area contributed by atoms with Crippen LogP contribution in [0.25, 0.3) is 0 Å². The van der Waals surface area contributed by atoms with Crippen molar-refractivity contribution in [3.05, 3.63) is 33.9 Å². The van der Waals surface area contributed by atoms with Gasteiger partial charge in [-0.1, -0.05) is 0 Å². The van der Waals surface area contributed by atoms with Gasteiger partial charge in [-0.2, -0.15) is 0 Å². The third kappa shape index (κ3) is 2.79. The summed E-state index contributed by atoms with van der Waals surface area (Å²) in [6.45, 7) is 1.94. The predicted molar refractivity (Wildman–Crippen MR) is 70.2 cm³/mol. The van der Waals surface area contributed by atoms with E-state index < -0.39 is 33.6 Å². The zero-order valence-electron chi connectivity index (χ0n) is 11.3. The van der Waals surface area contributed by atoms with Crippen molar-refractivity contribution in [1.82, 2.24) is 0 Å². The number of carboxylic acids is 1. The number of carbonyl (C=O) groups is 1. The highest BCUT2D eigenvalue weighted by Gasteiger charge is 2.38. The Morgan fingerprint density at radius 1 is 1.33 bits per heavy atom. The molecule has 0 radical (unpaired) electrons. The van der Waals surface area contributed by atoms with Crippen LogP contribution in [0, 0.1) is 27.2 Å². The van der Waals surface area contributed by atoms with Gasteiger partial charge in [-0.05, 0) is 19.8 Å². The van der Waals surface area contributed by atoms with Crippen molar-refractivity contribution >= 4 is 17.3 Å². The lowest BCUT2D eigenvalue weighted by atomic mass is 9.80. The largest absolute Gasteiger partial charge is 0.481 e. The summed E-state index contributed by atoms with van der Waals surface area (Å²) in [4.78, 5) is 22.2. The lowest BCUT2D eigenvalue weighted by Crippen LogP contribution is -2.43. The Morgan fingerprint density at radius 3 is 2.19 bits per heavy atom. The summed E-state index contributed by atoms with van der Waals surface area (Å²) in [5.74, 6) is -2.96. The van der Waals surface area contributed by atoms with Crippen LogP contribution in [-0.2, 0) is 4.79 Å². The SMILES string of the molecule is CC1(C(=O)O)CCN(c2c(F)cc([N+](=O)[O-])cc2F)CC1. The molecular formula is C13H14F2N2O4. The number of hydrogen-bond acceptors (Lipinski definition) is 4. The lowest BCUT2D eigenvalue weighted by Gasteiger charge is -2.37. The molecule has 6 nitrogen and oxygen atoms in total. The molecule has 0 amide bonds. The number of anilines is 1. The average molecular weight is 300 g/mol. The first kappa shape index (κ1) is 15.1. The Labute approximate surface area is 119 Å². The lowest BCUT2D eigenvalue weighted by molar-refractivity contribution is -0.385. The van der Waals surface area contributed by atoms with Gasteiger partial charge in [0.05, 0.1) is 22.5 Å². The minimum atomic E-state index is -1.01. The highest BCUT2D eigenvalue weighted by atomic mass is 19.1. The standard InChI is InChI=1S/C13H14F2N2O4/c1-13(12(18)19)2-4-16(5-3-13)11-9(14)6-8(17(20)21)7-10(11)15/h6-7H,2-5H2,1H3,(H,18,19). The molecule has 114 valence electrons. The molecule has 0 bridgehead atoms. The van der Waals surface area contributed by atoms with E-state index in [1.807, 2.05) is 0 Å². The number of hydrogen-bond donors (Lipinski definition) is 1. The van der Waals surface area contributed by atoms with E-state index in [0.717, 1.165) is 0 Å². The van der Waals surface area contributed by atoms with Crippen molar-refractivity contribution in [2.24, 2.45) is 5.41 Å². The molecule has 1 N–H and O–H groups in total. The van der Waals surface area contributed by atoms with E-state index in [0.29, 0.717) is 12.1 Å². The van der Waals surface area contributed by atoms with Gasteiger partial charge in [0.15, 0.2) is 11.6 Å². The average Bonchev–Trinajstić information content (AvgIpc) is 2.40. The molecule has 2 rings (SSSR count). The van der Waals surface area contributed by atoms with Crippen molar-refractivity contribution in [1.29, 1.82) is 0 Å². The molecule has 0 aliphatic carbocycles. The third-order valence-corrected chi connectivity index (χ3v) is 3.91. The molecule has 21 heavy (non-hydrogen) atoms. The maximum Gasteiger partial charge on any atom is 0.309 e. The van der Waals surface area contributed by atoms with Gasteiger partial charge in [-0.3, -0.25) is 14.9 Å². The van der Waals surface area contributed by atoms with Gasteiger partial charge in [-0.15, -0.1) is 0 Å². The van der Waals surface area contributed by atoms with Gasteiger partial charge in [0.1, 0.15) is 5.69 Å². The number of piperidine rings is 1. The molecule has 1 aromatic rings. The molecule has 0 saturated carbocycles. The summed E-state index contributed by atoms with van der Waals surface area (Å²) in [5, 5.41) is 19.7. The fraction of sp³-hybridized carbons (Fsp3) is 0.462. The summed E-state index contributed by atoms with van der Waals surface area (Å²) < 4.78 is 27.8. The predicted octanol–water partition coefficient (Wildman–Crippen LogP) is 2.56. The number of benzene rings is 1. The van der Waals surface area contributed by atoms with E-state index in [1.54, 1.807) is 6.92 Å². The van der Waals surface area contributed by atoms with E-state index in [-0.39, 0.29) is 31.6 Å². The molecule has 0 unspecified atom stereocenters. The number of nitrogens with zero attached hydrogens (tertiary/aromatic N) is 2. The molecule has 0 atom stereocenters. The van der Waals surface area contributed by atoms with E-state index in [1.165, 1.54) is 4.90 Å². The van der Waals surface area contributed by atoms with Gasteiger partial charge < -0.3 is 10.0 Å². The molecule has 0 aromatic heterocycles. The summed E-state index contributed by atoms with van der Waals surface area (Å²) in [7, 11) is 0. The summed E-state index contributed by atoms with van der Waals surface area (Å²) in [6.07, 6.45) is 0.496.